The van der Waals surface area contributed by atoms with E-state index in [1.807, 2.05) is 0 Å². The van der Waals surface area contributed by atoms with Crippen molar-refractivity contribution in [3.05, 3.63) is 0 Å². The number of hydrogen-bond acceptors (Lipinski definition) is 3. The molecule has 1 atom stereocenters. The van der Waals surface area contributed by atoms with Crippen LogP contribution in [0.4, 0.5) is 4.79 Å². The number of aliphatic hydroxyl groups excluding tert-OH is 1. The maximum absolute atomic E-state index is 12.6. The molecule has 1 saturated carbocycles. The van der Waals surface area contributed by atoms with Crippen molar-refractivity contribution in [1.82, 2.24) is 9.80 Å². The van der Waals surface area contributed by atoms with Crippen molar-refractivity contribution < 1.29 is 19.8 Å². The summed E-state index contributed by atoms with van der Waals surface area (Å²) in [7, 11) is 0. The molecule has 0 unspecified atom stereocenters. The van der Waals surface area contributed by atoms with E-state index in [1.54, 1.807) is 9.80 Å². The van der Waals surface area contributed by atoms with Crippen LogP contribution < -0.4 is 0 Å². The lowest BCUT2D eigenvalue weighted by molar-refractivity contribution is -0.143. The SMILES string of the molecule is O=C(O)[C@H]1CCCN(C(=O)N(CCO)C2CCCC2)C1. The fourth-order valence-electron chi connectivity index (χ4n) is 3.29. The fraction of sp³-hybridized carbons (Fsp3) is 0.857. The zero-order chi connectivity index (χ0) is 14.5. The number of carboxylic acids is 1. The first-order valence-corrected chi connectivity index (χ1v) is 7.52. The van der Waals surface area contributed by atoms with Crippen LogP contribution >= 0.6 is 0 Å². The Hall–Kier alpha value is -1.30. The molecule has 114 valence electrons. The summed E-state index contributed by atoms with van der Waals surface area (Å²) in [6.45, 7) is 1.22. The van der Waals surface area contributed by atoms with Gasteiger partial charge in [0.1, 0.15) is 0 Å². The lowest BCUT2D eigenvalue weighted by atomic mass is 9.98. The zero-order valence-corrected chi connectivity index (χ0v) is 11.8. The Balaban J connectivity index is 2.00. The maximum Gasteiger partial charge on any atom is 0.320 e. The smallest absolute Gasteiger partial charge is 0.320 e. The average Bonchev–Trinajstić information content (AvgIpc) is 2.98. The number of carboxylic acid groups (broad SMARTS) is 1. The molecule has 0 spiro atoms. The molecule has 0 bridgehead atoms. The number of aliphatic hydroxyl groups is 1. The lowest BCUT2D eigenvalue weighted by Crippen LogP contribution is -2.52. The van der Waals surface area contributed by atoms with Gasteiger partial charge >= 0.3 is 12.0 Å². The van der Waals surface area contributed by atoms with Gasteiger partial charge in [-0.05, 0) is 25.7 Å². The Bertz CT molecular complexity index is 355. The first kappa shape index (κ1) is 15.1. The van der Waals surface area contributed by atoms with Gasteiger partial charge in [-0.3, -0.25) is 4.79 Å². The minimum absolute atomic E-state index is 0.0432. The van der Waals surface area contributed by atoms with E-state index in [2.05, 4.69) is 0 Å². The number of aliphatic carboxylic acids is 1. The van der Waals surface area contributed by atoms with Crippen LogP contribution in [0.25, 0.3) is 0 Å². The van der Waals surface area contributed by atoms with Gasteiger partial charge in [0.25, 0.3) is 0 Å². The molecule has 20 heavy (non-hydrogen) atoms. The number of hydrogen-bond donors (Lipinski definition) is 2. The maximum atomic E-state index is 12.6. The molecule has 2 amide bonds. The molecule has 0 aromatic carbocycles. The molecule has 2 N–H and O–H groups in total. The van der Waals surface area contributed by atoms with E-state index in [0.29, 0.717) is 26.1 Å². The van der Waals surface area contributed by atoms with Crippen molar-refractivity contribution in [3.8, 4) is 0 Å². The molecule has 0 aromatic heterocycles. The summed E-state index contributed by atoms with van der Waals surface area (Å²) >= 11 is 0. The summed E-state index contributed by atoms with van der Waals surface area (Å²) in [5.74, 6) is -1.27. The van der Waals surface area contributed by atoms with Gasteiger partial charge in [-0.1, -0.05) is 12.8 Å². The molecule has 1 heterocycles. The highest BCUT2D eigenvalue weighted by molar-refractivity contribution is 5.77. The fourth-order valence-corrected chi connectivity index (χ4v) is 3.29. The second-order valence-electron chi connectivity index (χ2n) is 5.76. The topological polar surface area (TPSA) is 81.1 Å². The highest BCUT2D eigenvalue weighted by atomic mass is 16.4. The highest BCUT2D eigenvalue weighted by Crippen LogP contribution is 2.26. The number of carbonyl (C=O) groups excluding carboxylic acids is 1. The number of amides is 2. The zero-order valence-electron chi connectivity index (χ0n) is 11.8. The van der Waals surface area contributed by atoms with Crippen molar-refractivity contribution in [2.75, 3.05) is 26.2 Å². The third-order valence-electron chi connectivity index (χ3n) is 4.39. The summed E-state index contributed by atoms with van der Waals surface area (Å²) in [5.41, 5.74) is 0. The van der Waals surface area contributed by atoms with E-state index in [0.717, 1.165) is 32.1 Å². The number of piperidine rings is 1. The molecular weight excluding hydrogens is 260 g/mol. The van der Waals surface area contributed by atoms with Gasteiger partial charge in [0.2, 0.25) is 0 Å². The Kier molecular flexibility index (Phi) is 5.23. The summed E-state index contributed by atoms with van der Waals surface area (Å²) in [6.07, 6.45) is 5.60. The Morgan fingerprint density at radius 1 is 1.15 bits per heavy atom. The number of likely N-dealkylation sites (tertiary alicyclic amines) is 1. The molecule has 6 nitrogen and oxygen atoms in total. The largest absolute Gasteiger partial charge is 0.481 e. The van der Waals surface area contributed by atoms with E-state index in [4.69, 9.17) is 5.11 Å². The van der Waals surface area contributed by atoms with Crippen molar-refractivity contribution in [2.45, 2.75) is 44.6 Å². The molecule has 1 aliphatic heterocycles. The second-order valence-corrected chi connectivity index (χ2v) is 5.76. The lowest BCUT2D eigenvalue weighted by Gasteiger charge is -2.37. The van der Waals surface area contributed by atoms with Gasteiger partial charge in [0, 0.05) is 25.7 Å². The molecule has 2 aliphatic rings. The van der Waals surface area contributed by atoms with E-state index in [-0.39, 0.29) is 18.7 Å². The molecule has 0 radical (unpaired) electrons. The van der Waals surface area contributed by atoms with Crippen LogP contribution in [-0.2, 0) is 4.79 Å². The Morgan fingerprint density at radius 3 is 2.45 bits per heavy atom. The molecular formula is C14H24N2O4. The predicted molar refractivity (Wildman–Crippen MR) is 73.4 cm³/mol. The molecule has 0 aromatic rings. The summed E-state index contributed by atoms with van der Waals surface area (Å²) < 4.78 is 0. The molecule has 1 saturated heterocycles. The average molecular weight is 284 g/mol. The molecule has 6 heteroatoms. The number of nitrogens with zero attached hydrogens (tertiary/aromatic N) is 2. The highest BCUT2D eigenvalue weighted by Gasteiger charge is 2.33. The van der Waals surface area contributed by atoms with Crippen molar-refractivity contribution in [1.29, 1.82) is 0 Å². The summed E-state index contributed by atoms with van der Waals surface area (Å²) in [6, 6.07) is 0.108. The third kappa shape index (κ3) is 3.42. The van der Waals surface area contributed by atoms with Gasteiger partial charge in [-0.2, -0.15) is 0 Å². The van der Waals surface area contributed by atoms with Gasteiger partial charge in [0.15, 0.2) is 0 Å². The van der Waals surface area contributed by atoms with E-state index in [9.17, 15) is 14.7 Å². The van der Waals surface area contributed by atoms with E-state index >= 15 is 0 Å². The minimum Gasteiger partial charge on any atom is -0.481 e. The third-order valence-corrected chi connectivity index (χ3v) is 4.39. The van der Waals surface area contributed by atoms with Crippen molar-refractivity contribution >= 4 is 12.0 Å². The van der Waals surface area contributed by atoms with Gasteiger partial charge < -0.3 is 20.0 Å². The number of urea groups is 1. The quantitative estimate of drug-likeness (QED) is 0.811. The van der Waals surface area contributed by atoms with Crippen LogP contribution in [0, 0.1) is 5.92 Å². The van der Waals surface area contributed by atoms with Crippen LogP contribution in [0.5, 0.6) is 0 Å². The van der Waals surface area contributed by atoms with Crippen molar-refractivity contribution in [3.63, 3.8) is 0 Å². The first-order chi connectivity index (χ1) is 9.63. The van der Waals surface area contributed by atoms with Crippen LogP contribution in [0.1, 0.15) is 38.5 Å². The van der Waals surface area contributed by atoms with E-state index < -0.39 is 11.9 Å². The Labute approximate surface area is 119 Å². The molecule has 2 fully saturated rings. The summed E-state index contributed by atoms with van der Waals surface area (Å²) in [4.78, 5) is 27.1. The van der Waals surface area contributed by atoms with Gasteiger partial charge in [-0.25, -0.2) is 4.79 Å². The predicted octanol–water partition coefficient (Wildman–Crippen LogP) is 1.14. The minimum atomic E-state index is -0.822. The van der Waals surface area contributed by atoms with Crippen LogP contribution in [0.2, 0.25) is 0 Å². The number of carbonyl (C=O) groups is 2. The molecule has 1 aliphatic carbocycles. The van der Waals surface area contributed by atoms with Gasteiger partial charge in [0.05, 0.1) is 12.5 Å². The second kappa shape index (κ2) is 6.92. The van der Waals surface area contributed by atoms with Gasteiger partial charge in [-0.15, -0.1) is 0 Å². The number of rotatable bonds is 4. The van der Waals surface area contributed by atoms with Crippen LogP contribution in [0.3, 0.4) is 0 Å². The van der Waals surface area contributed by atoms with Crippen LogP contribution in [-0.4, -0.2) is 64.3 Å². The van der Waals surface area contributed by atoms with Crippen LogP contribution in [0.15, 0.2) is 0 Å². The monoisotopic (exact) mass is 284 g/mol. The summed E-state index contributed by atoms with van der Waals surface area (Å²) in [5, 5.41) is 18.3. The normalized spacial score (nSPS) is 23.9. The first-order valence-electron chi connectivity index (χ1n) is 7.52. The Morgan fingerprint density at radius 2 is 1.85 bits per heavy atom. The van der Waals surface area contributed by atoms with Crippen molar-refractivity contribution in [2.24, 2.45) is 5.92 Å². The standard InChI is InChI=1S/C14H24N2O4/c17-9-8-16(12-5-1-2-6-12)14(20)15-7-3-4-11(10-15)13(18)19/h11-12,17H,1-10H2,(H,18,19)/t11-/m0/s1. The molecule has 2 rings (SSSR count). The van der Waals surface area contributed by atoms with E-state index in [1.165, 1.54) is 0 Å².